The van der Waals surface area contributed by atoms with E-state index in [1.807, 2.05) is 20.8 Å². The molecule has 2 aromatic carbocycles. The van der Waals surface area contributed by atoms with Crippen LogP contribution >= 0.6 is 11.6 Å². The Labute approximate surface area is 219 Å². The number of halogens is 2. The number of hydrogen-bond acceptors (Lipinski definition) is 6. The highest BCUT2D eigenvalue weighted by atomic mass is 35.5. The van der Waals surface area contributed by atoms with Crippen LogP contribution in [-0.2, 0) is 20.9 Å². The zero-order valence-electron chi connectivity index (χ0n) is 21.0. The second kappa shape index (κ2) is 11.4. The Morgan fingerprint density at radius 1 is 1.19 bits per heavy atom. The monoisotopic (exact) mass is 528 g/mol. The SMILES string of the molecule is CC(C)(C)NC(=O)C(c1ccc(F)cc1)N(CC1CCCO1)C(=O)Cn1nnc(-c2ccc(Cl)cc2)n1. The molecular formula is C26H30ClFN6O3. The highest BCUT2D eigenvalue weighted by Crippen LogP contribution is 2.26. The summed E-state index contributed by atoms with van der Waals surface area (Å²) >= 11 is 5.96. The fraction of sp³-hybridized carbons (Fsp3) is 0.423. The first-order chi connectivity index (χ1) is 17.6. The van der Waals surface area contributed by atoms with Gasteiger partial charge in [0.05, 0.1) is 6.10 Å². The van der Waals surface area contributed by atoms with E-state index in [1.165, 1.54) is 34.0 Å². The molecule has 0 spiro atoms. The first-order valence-corrected chi connectivity index (χ1v) is 12.5. The van der Waals surface area contributed by atoms with Gasteiger partial charge in [-0.2, -0.15) is 4.80 Å². The molecule has 0 bridgehead atoms. The van der Waals surface area contributed by atoms with Crippen LogP contribution in [0.2, 0.25) is 5.02 Å². The van der Waals surface area contributed by atoms with Crippen LogP contribution in [0.1, 0.15) is 45.2 Å². The van der Waals surface area contributed by atoms with Crippen LogP contribution in [0.15, 0.2) is 48.5 Å². The Hall–Kier alpha value is -3.37. The zero-order valence-corrected chi connectivity index (χ0v) is 21.8. The van der Waals surface area contributed by atoms with Gasteiger partial charge in [-0.15, -0.1) is 10.2 Å². The van der Waals surface area contributed by atoms with Crippen LogP contribution in [-0.4, -0.2) is 61.7 Å². The van der Waals surface area contributed by atoms with Crippen molar-refractivity contribution in [1.82, 2.24) is 30.4 Å². The van der Waals surface area contributed by atoms with Gasteiger partial charge < -0.3 is 15.0 Å². The van der Waals surface area contributed by atoms with Crippen molar-refractivity contribution in [3.63, 3.8) is 0 Å². The van der Waals surface area contributed by atoms with Crippen molar-refractivity contribution in [2.45, 2.75) is 57.8 Å². The number of benzene rings is 2. The zero-order chi connectivity index (χ0) is 26.6. The quantitative estimate of drug-likeness (QED) is 0.477. The molecule has 0 saturated carbocycles. The maximum Gasteiger partial charge on any atom is 0.247 e. The van der Waals surface area contributed by atoms with Gasteiger partial charge in [0.2, 0.25) is 17.6 Å². The first-order valence-electron chi connectivity index (χ1n) is 12.1. The fourth-order valence-corrected chi connectivity index (χ4v) is 4.28. The normalized spacial score (nSPS) is 16.4. The molecule has 1 aliphatic heterocycles. The number of ether oxygens (including phenoxy) is 1. The highest BCUT2D eigenvalue weighted by molar-refractivity contribution is 6.30. The standard InChI is InChI=1S/C26H30ClFN6O3/c1-26(2,3)29-25(36)23(17-8-12-20(28)13-9-17)33(15-21-5-4-14-37-21)22(35)16-34-31-24(30-32-34)18-6-10-19(27)11-7-18/h6-13,21,23H,4-5,14-16H2,1-3H3,(H,29,36). The van der Waals surface area contributed by atoms with E-state index in [-0.39, 0.29) is 25.1 Å². The maximum absolute atomic E-state index is 13.7. The number of nitrogens with one attached hydrogen (secondary N) is 1. The van der Waals surface area contributed by atoms with Crippen molar-refractivity contribution in [2.75, 3.05) is 13.2 Å². The largest absolute Gasteiger partial charge is 0.376 e. The third-order valence-corrected chi connectivity index (χ3v) is 6.07. The average molecular weight is 529 g/mol. The molecule has 1 fully saturated rings. The average Bonchev–Trinajstić information content (AvgIpc) is 3.51. The number of amides is 2. The van der Waals surface area contributed by atoms with Crippen LogP contribution in [0.4, 0.5) is 4.39 Å². The Morgan fingerprint density at radius 3 is 2.51 bits per heavy atom. The van der Waals surface area contributed by atoms with Crippen molar-refractivity contribution in [3.05, 3.63) is 64.9 Å². The minimum absolute atomic E-state index is 0.192. The Bertz CT molecular complexity index is 1220. The third-order valence-electron chi connectivity index (χ3n) is 5.82. The molecule has 9 nitrogen and oxygen atoms in total. The maximum atomic E-state index is 13.7. The second-order valence-electron chi connectivity index (χ2n) is 10.0. The van der Waals surface area contributed by atoms with Crippen LogP contribution in [0.3, 0.4) is 0 Å². The van der Waals surface area contributed by atoms with Gasteiger partial charge >= 0.3 is 0 Å². The fourth-order valence-electron chi connectivity index (χ4n) is 4.15. The molecule has 2 unspecified atom stereocenters. The summed E-state index contributed by atoms with van der Waals surface area (Å²) in [5, 5.41) is 16.0. The van der Waals surface area contributed by atoms with Gasteiger partial charge in [0.25, 0.3) is 0 Å². The molecule has 4 rings (SSSR count). The lowest BCUT2D eigenvalue weighted by Gasteiger charge is -2.34. The summed E-state index contributed by atoms with van der Waals surface area (Å²) < 4.78 is 19.5. The third kappa shape index (κ3) is 7.11. The predicted octanol–water partition coefficient (Wildman–Crippen LogP) is 3.80. The number of rotatable bonds is 8. The second-order valence-corrected chi connectivity index (χ2v) is 10.5. The van der Waals surface area contributed by atoms with Gasteiger partial charge in [-0.05, 0) is 80.8 Å². The molecule has 0 radical (unpaired) electrons. The van der Waals surface area contributed by atoms with E-state index in [0.717, 1.165) is 12.8 Å². The van der Waals surface area contributed by atoms with Gasteiger partial charge in [0, 0.05) is 29.3 Å². The summed E-state index contributed by atoms with van der Waals surface area (Å²) in [5.74, 6) is -0.860. The molecule has 3 aromatic rings. The molecule has 37 heavy (non-hydrogen) atoms. The number of carbonyl (C=O) groups is 2. The lowest BCUT2D eigenvalue weighted by Crippen LogP contribution is -2.51. The molecule has 1 aromatic heterocycles. The topological polar surface area (TPSA) is 102 Å². The van der Waals surface area contributed by atoms with Crippen molar-refractivity contribution in [2.24, 2.45) is 0 Å². The first kappa shape index (κ1) is 26.7. The Balaban J connectivity index is 1.64. The lowest BCUT2D eigenvalue weighted by atomic mass is 10.0. The molecular weight excluding hydrogens is 499 g/mol. The van der Waals surface area contributed by atoms with E-state index >= 15 is 0 Å². The van der Waals surface area contributed by atoms with E-state index in [0.29, 0.717) is 28.6 Å². The Kier molecular flexibility index (Phi) is 8.19. The van der Waals surface area contributed by atoms with Crippen molar-refractivity contribution in [1.29, 1.82) is 0 Å². The summed E-state index contributed by atoms with van der Waals surface area (Å²) in [4.78, 5) is 29.9. The van der Waals surface area contributed by atoms with Crippen LogP contribution in [0.5, 0.6) is 0 Å². The van der Waals surface area contributed by atoms with Crippen LogP contribution < -0.4 is 5.32 Å². The Morgan fingerprint density at radius 2 is 1.89 bits per heavy atom. The summed E-state index contributed by atoms with van der Waals surface area (Å²) in [6, 6.07) is 11.5. The molecule has 11 heteroatoms. The molecule has 0 aliphatic carbocycles. The number of hydrogen-bond donors (Lipinski definition) is 1. The smallest absolute Gasteiger partial charge is 0.247 e. The van der Waals surface area contributed by atoms with Gasteiger partial charge in [-0.25, -0.2) is 4.39 Å². The predicted molar refractivity (Wildman–Crippen MR) is 136 cm³/mol. The minimum Gasteiger partial charge on any atom is -0.376 e. The molecule has 2 atom stereocenters. The van der Waals surface area contributed by atoms with Gasteiger partial charge in [-0.3, -0.25) is 9.59 Å². The summed E-state index contributed by atoms with van der Waals surface area (Å²) in [6.45, 7) is 6.12. The number of carbonyl (C=O) groups excluding carboxylic acids is 2. The van der Waals surface area contributed by atoms with Crippen LogP contribution in [0.25, 0.3) is 11.4 Å². The summed E-state index contributed by atoms with van der Waals surface area (Å²) in [6.07, 6.45) is 1.42. The van der Waals surface area contributed by atoms with E-state index in [4.69, 9.17) is 16.3 Å². The van der Waals surface area contributed by atoms with E-state index < -0.39 is 23.3 Å². The summed E-state index contributed by atoms with van der Waals surface area (Å²) in [7, 11) is 0. The molecule has 2 heterocycles. The molecule has 1 N–H and O–H groups in total. The van der Waals surface area contributed by atoms with E-state index in [9.17, 15) is 14.0 Å². The lowest BCUT2D eigenvalue weighted by molar-refractivity contribution is -0.144. The van der Waals surface area contributed by atoms with E-state index in [2.05, 4.69) is 20.7 Å². The number of nitrogens with zero attached hydrogens (tertiary/aromatic N) is 5. The highest BCUT2D eigenvalue weighted by Gasteiger charge is 2.36. The van der Waals surface area contributed by atoms with Gasteiger partial charge in [0.15, 0.2) is 0 Å². The number of aromatic nitrogens is 4. The molecule has 1 saturated heterocycles. The molecule has 2 amide bonds. The van der Waals surface area contributed by atoms with E-state index in [1.54, 1.807) is 24.3 Å². The van der Waals surface area contributed by atoms with Crippen molar-refractivity contribution >= 4 is 23.4 Å². The molecule has 1 aliphatic rings. The minimum atomic E-state index is -1.00. The van der Waals surface area contributed by atoms with Gasteiger partial charge in [0.1, 0.15) is 18.4 Å². The van der Waals surface area contributed by atoms with Gasteiger partial charge in [-0.1, -0.05) is 23.7 Å². The molecule has 196 valence electrons. The van der Waals surface area contributed by atoms with Crippen LogP contribution in [0, 0.1) is 5.82 Å². The number of tetrazole rings is 1. The van der Waals surface area contributed by atoms with Crippen molar-refractivity contribution < 1.29 is 18.7 Å². The van der Waals surface area contributed by atoms with Crippen molar-refractivity contribution in [3.8, 4) is 11.4 Å². The summed E-state index contributed by atoms with van der Waals surface area (Å²) in [5.41, 5.74) is 0.644.